The van der Waals surface area contributed by atoms with Gasteiger partial charge in [0.25, 0.3) is 0 Å². The third-order valence-corrected chi connectivity index (χ3v) is 3.92. The zero-order chi connectivity index (χ0) is 18.5. The molecule has 0 aliphatic heterocycles. The smallest absolute Gasteiger partial charge is 0.227 e. The molecule has 0 radical (unpaired) electrons. The van der Waals surface area contributed by atoms with Crippen LogP contribution in [-0.4, -0.2) is 27.7 Å². The van der Waals surface area contributed by atoms with Gasteiger partial charge in [0.05, 0.1) is 13.0 Å². The molecule has 1 aromatic heterocycles. The van der Waals surface area contributed by atoms with Gasteiger partial charge in [-0.05, 0) is 44.5 Å². The maximum atomic E-state index is 12.2. The quantitative estimate of drug-likeness (QED) is 0.708. The first-order chi connectivity index (χ1) is 12.5. The van der Waals surface area contributed by atoms with Crippen molar-refractivity contribution in [2.45, 2.75) is 27.2 Å². The summed E-state index contributed by atoms with van der Waals surface area (Å²) < 4.78 is 5.71. The van der Waals surface area contributed by atoms with Crippen molar-refractivity contribution in [2.24, 2.45) is 0 Å². The van der Waals surface area contributed by atoms with Crippen molar-refractivity contribution in [3.8, 4) is 17.1 Å². The molecule has 2 N–H and O–H groups in total. The number of hydrogen-bond donors (Lipinski definition) is 2. The molecular weight excluding hydrogens is 328 g/mol. The summed E-state index contributed by atoms with van der Waals surface area (Å²) in [5.74, 6) is 2.07. The Labute approximate surface area is 152 Å². The summed E-state index contributed by atoms with van der Waals surface area (Å²) in [6, 6.07) is 13.5. The largest absolute Gasteiger partial charge is 0.493 e. The number of carbonyl (C=O) groups excluding carboxylic acids is 1. The Hall–Kier alpha value is -3.15. The van der Waals surface area contributed by atoms with E-state index in [1.54, 1.807) is 0 Å². The molecule has 2 aromatic carbocycles. The number of H-pyrrole nitrogens is 1. The van der Waals surface area contributed by atoms with Gasteiger partial charge in [-0.2, -0.15) is 5.10 Å². The summed E-state index contributed by atoms with van der Waals surface area (Å²) >= 11 is 0. The van der Waals surface area contributed by atoms with Gasteiger partial charge in [0, 0.05) is 11.3 Å². The lowest BCUT2D eigenvalue weighted by Crippen LogP contribution is -2.15. The molecular formula is C20H22N4O2. The Kier molecular flexibility index (Phi) is 5.31. The van der Waals surface area contributed by atoms with E-state index in [1.165, 1.54) is 5.56 Å². The second kappa shape index (κ2) is 7.82. The average Bonchev–Trinajstić information content (AvgIpc) is 3.04. The fourth-order valence-corrected chi connectivity index (χ4v) is 2.65. The molecule has 0 atom stereocenters. The standard InChI is InChI=1S/C20H22N4O2/c1-13-7-8-18(14(2)11-13)26-10-9-19(25)22-17-6-4-5-16(12-17)20-21-15(3)23-24-20/h4-8,11-12H,9-10H2,1-3H3,(H,22,25)(H,21,23,24). The number of anilines is 1. The van der Waals surface area contributed by atoms with Crippen LogP contribution in [0.2, 0.25) is 0 Å². The van der Waals surface area contributed by atoms with Crippen LogP contribution in [0.5, 0.6) is 5.75 Å². The molecule has 0 saturated carbocycles. The van der Waals surface area contributed by atoms with E-state index < -0.39 is 0 Å². The van der Waals surface area contributed by atoms with Crippen molar-refractivity contribution in [2.75, 3.05) is 11.9 Å². The van der Waals surface area contributed by atoms with Crippen LogP contribution in [0.15, 0.2) is 42.5 Å². The molecule has 134 valence electrons. The van der Waals surface area contributed by atoms with Crippen molar-refractivity contribution >= 4 is 11.6 Å². The van der Waals surface area contributed by atoms with Crippen molar-refractivity contribution in [1.29, 1.82) is 0 Å². The minimum Gasteiger partial charge on any atom is -0.493 e. The number of nitrogens with zero attached hydrogens (tertiary/aromatic N) is 2. The van der Waals surface area contributed by atoms with Crippen molar-refractivity contribution in [3.05, 3.63) is 59.4 Å². The first-order valence-corrected chi connectivity index (χ1v) is 8.50. The van der Waals surface area contributed by atoms with Crippen LogP contribution < -0.4 is 10.1 Å². The Bertz CT molecular complexity index is 918. The molecule has 26 heavy (non-hydrogen) atoms. The third-order valence-electron chi connectivity index (χ3n) is 3.92. The van der Waals surface area contributed by atoms with Crippen LogP contribution in [0.4, 0.5) is 5.69 Å². The highest BCUT2D eigenvalue weighted by Gasteiger charge is 2.08. The molecule has 0 unspecified atom stereocenters. The predicted octanol–water partition coefficient (Wildman–Crippen LogP) is 3.80. The van der Waals surface area contributed by atoms with Crippen molar-refractivity contribution in [3.63, 3.8) is 0 Å². The number of nitrogens with one attached hydrogen (secondary N) is 2. The predicted molar refractivity (Wildman–Crippen MR) is 101 cm³/mol. The minimum absolute atomic E-state index is 0.0990. The summed E-state index contributed by atoms with van der Waals surface area (Å²) in [6.45, 7) is 6.21. The van der Waals surface area contributed by atoms with Gasteiger partial charge >= 0.3 is 0 Å². The number of hydrogen-bond acceptors (Lipinski definition) is 4. The number of aromatic amines is 1. The van der Waals surface area contributed by atoms with Crippen LogP contribution in [0.3, 0.4) is 0 Å². The van der Waals surface area contributed by atoms with E-state index in [4.69, 9.17) is 4.74 Å². The van der Waals surface area contributed by atoms with Crippen LogP contribution in [-0.2, 0) is 4.79 Å². The highest BCUT2D eigenvalue weighted by atomic mass is 16.5. The van der Waals surface area contributed by atoms with Crippen LogP contribution >= 0.6 is 0 Å². The Morgan fingerprint density at radius 3 is 2.73 bits per heavy atom. The maximum absolute atomic E-state index is 12.2. The van der Waals surface area contributed by atoms with Crippen LogP contribution in [0.1, 0.15) is 23.4 Å². The molecule has 3 rings (SSSR count). The summed E-state index contributed by atoms with van der Waals surface area (Å²) in [5.41, 5.74) is 3.81. The molecule has 0 aliphatic rings. The highest BCUT2D eigenvalue weighted by Crippen LogP contribution is 2.20. The van der Waals surface area contributed by atoms with E-state index >= 15 is 0 Å². The van der Waals surface area contributed by atoms with Crippen molar-refractivity contribution in [1.82, 2.24) is 15.2 Å². The fourth-order valence-electron chi connectivity index (χ4n) is 2.65. The van der Waals surface area contributed by atoms with Gasteiger partial charge in [-0.25, -0.2) is 4.98 Å². The SMILES string of the molecule is Cc1ccc(OCCC(=O)Nc2cccc(-c3n[nH]c(C)n3)c2)c(C)c1. The minimum atomic E-state index is -0.0990. The van der Waals surface area contributed by atoms with Gasteiger partial charge in [0.15, 0.2) is 5.82 Å². The topological polar surface area (TPSA) is 79.9 Å². The van der Waals surface area contributed by atoms with Gasteiger partial charge in [0.2, 0.25) is 5.91 Å². The summed E-state index contributed by atoms with van der Waals surface area (Å²) in [4.78, 5) is 16.5. The van der Waals surface area contributed by atoms with E-state index in [0.29, 0.717) is 18.1 Å². The maximum Gasteiger partial charge on any atom is 0.227 e. The normalized spacial score (nSPS) is 10.6. The van der Waals surface area contributed by atoms with E-state index in [2.05, 4.69) is 26.6 Å². The van der Waals surface area contributed by atoms with Crippen molar-refractivity contribution < 1.29 is 9.53 Å². The number of amides is 1. The molecule has 0 saturated heterocycles. The third kappa shape index (κ3) is 4.47. The summed E-state index contributed by atoms with van der Waals surface area (Å²) in [7, 11) is 0. The number of carbonyl (C=O) groups is 1. The van der Waals surface area contributed by atoms with Gasteiger partial charge in [-0.15, -0.1) is 0 Å². The Morgan fingerprint density at radius 2 is 2.00 bits per heavy atom. The summed E-state index contributed by atoms with van der Waals surface area (Å²) in [5, 5.41) is 9.83. The number of aromatic nitrogens is 3. The fraction of sp³-hybridized carbons (Fsp3) is 0.250. The van der Waals surface area contributed by atoms with Crippen LogP contribution in [0.25, 0.3) is 11.4 Å². The molecule has 1 amide bonds. The molecule has 0 bridgehead atoms. The monoisotopic (exact) mass is 350 g/mol. The molecule has 0 spiro atoms. The van der Waals surface area contributed by atoms with Gasteiger partial charge in [-0.3, -0.25) is 9.89 Å². The number of benzene rings is 2. The van der Waals surface area contributed by atoms with Gasteiger partial charge in [-0.1, -0.05) is 29.8 Å². The molecule has 0 aliphatic carbocycles. The van der Waals surface area contributed by atoms with Crippen LogP contribution in [0, 0.1) is 20.8 Å². The molecule has 6 heteroatoms. The number of rotatable bonds is 6. The summed E-state index contributed by atoms with van der Waals surface area (Å²) in [6.07, 6.45) is 0.275. The zero-order valence-corrected chi connectivity index (χ0v) is 15.2. The zero-order valence-electron chi connectivity index (χ0n) is 15.2. The lowest BCUT2D eigenvalue weighted by molar-refractivity contribution is -0.116. The van der Waals surface area contributed by atoms with E-state index in [-0.39, 0.29) is 12.3 Å². The Balaban J connectivity index is 1.55. The highest BCUT2D eigenvalue weighted by molar-refractivity contribution is 5.91. The molecule has 3 aromatic rings. The molecule has 6 nitrogen and oxygen atoms in total. The average molecular weight is 350 g/mol. The van der Waals surface area contributed by atoms with E-state index in [1.807, 2.05) is 57.2 Å². The van der Waals surface area contributed by atoms with Gasteiger partial charge in [0.1, 0.15) is 11.6 Å². The lowest BCUT2D eigenvalue weighted by atomic mass is 10.1. The molecule has 0 fully saturated rings. The van der Waals surface area contributed by atoms with E-state index in [9.17, 15) is 4.79 Å². The first kappa shape index (κ1) is 17.7. The lowest BCUT2D eigenvalue weighted by Gasteiger charge is -2.10. The molecule has 1 heterocycles. The van der Waals surface area contributed by atoms with E-state index in [0.717, 1.165) is 22.7 Å². The second-order valence-electron chi connectivity index (χ2n) is 6.24. The Morgan fingerprint density at radius 1 is 1.15 bits per heavy atom. The second-order valence-corrected chi connectivity index (χ2v) is 6.24. The first-order valence-electron chi connectivity index (χ1n) is 8.50. The van der Waals surface area contributed by atoms with Gasteiger partial charge < -0.3 is 10.1 Å². The number of aryl methyl sites for hydroxylation is 3. The number of ether oxygens (including phenoxy) is 1.